The van der Waals surface area contributed by atoms with Crippen LogP contribution in [0.5, 0.6) is 0 Å². The van der Waals surface area contributed by atoms with Crippen molar-refractivity contribution in [1.82, 2.24) is 5.32 Å². The smallest absolute Gasteiger partial charge is 0.268 e. The summed E-state index contributed by atoms with van der Waals surface area (Å²) in [5.74, 6) is -0.242. The maximum atomic E-state index is 13.0. The van der Waals surface area contributed by atoms with E-state index >= 15 is 0 Å². The minimum Gasteiger partial charge on any atom is -0.756 e. The van der Waals surface area contributed by atoms with Crippen molar-refractivity contribution < 1.29 is 32.9 Å². The molecular weight excluding hydrogens is 1070 g/mol. The van der Waals surface area contributed by atoms with Crippen molar-refractivity contribution in [2.45, 2.75) is 302 Å². The summed E-state index contributed by atoms with van der Waals surface area (Å²) in [5.41, 5.74) is 0. The van der Waals surface area contributed by atoms with Gasteiger partial charge in [-0.2, -0.15) is 0 Å². The summed E-state index contributed by atoms with van der Waals surface area (Å²) in [5, 5.41) is 13.9. The van der Waals surface area contributed by atoms with E-state index in [0.29, 0.717) is 17.4 Å². The Morgan fingerprint density at radius 2 is 0.729 bits per heavy atom. The van der Waals surface area contributed by atoms with Crippen molar-refractivity contribution in [1.29, 1.82) is 0 Å². The van der Waals surface area contributed by atoms with E-state index < -0.39 is 26.6 Å². The van der Waals surface area contributed by atoms with Gasteiger partial charge >= 0.3 is 0 Å². The quantitative estimate of drug-likeness (QED) is 0.0272. The number of likely N-dealkylation sites (N-methyl/N-ethyl adjacent to an activating group) is 1. The lowest BCUT2D eigenvalue weighted by Gasteiger charge is -2.29. The van der Waals surface area contributed by atoms with Gasteiger partial charge in [0.1, 0.15) is 13.2 Å². The molecule has 0 aromatic rings. The van der Waals surface area contributed by atoms with Gasteiger partial charge in [-0.15, -0.1) is 0 Å². The Morgan fingerprint density at radius 3 is 1.09 bits per heavy atom. The number of phosphoric ester groups is 1. The van der Waals surface area contributed by atoms with Crippen LogP contribution in [0.2, 0.25) is 0 Å². The van der Waals surface area contributed by atoms with Crippen LogP contribution in [-0.2, 0) is 18.4 Å². The molecule has 0 aliphatic rings. The first-order chi connectivity index (χ1) is 41.5. The zero-order chi connectivity index (χ0) is 61.9. The lowest BCUT2D eigenvalue weighted by Crippen LogP contribution is -2.45. The molecule has 0 fully saturated rings. The molecule has 0 aromatic carbocycles. The maximum Gasteiger partial charge on any atom is 0.268 e. The predicted octanol–water partition coefficient (Wildman–Crippen LogP) is 22.0. The molecule has 9 heteroatoms. The summed E-state index contributed by atoms with van der Waals surface area (Å²) in [6, 6.07) is -0.934. The van der Waals surface area contributed by atoms with Crippen molar-refractivity contribution in [2.75, 3.05) is 40.9 Å². The standard InChI is InChI=1S/C76H133N2O6P/c1-6-8-10-12-14-16-18-20-22-24-26-28-30-32-34-36-38-40-41-43-45-47-49-51-53-55-57-59-61-63-65-67-69-75(79)74(73-84-85(81,82)83-72-71-78(3,4)5)77-76(80)70-68-66-64-62-60-58-56-54-52-50-48-46-44-42-39-37-35-33-31-29-27-25-23-21-19-17-15-13-11-9-7-2/h9,11,15,17,21,23,27,29,33,35,39,42,46,48,52,54,58-61,67,69,74-75,79H,6-8,10,12-14,16,18-20,22,24-26,28,30-32,34,36-38,40-41,43-45,47,49-51,53,55-57,62-66,68,70-73H2,1-5H3,(H-,77,80,81,82)/b11-9-,17-15-,23-21-,29-27-,35-33-,42-39-,48-46-,54-52-,60-58-,61-59+,69-67+. The van der Waals surface area contributed by atoms with E-state index in [2.05, 4.69) is 141 Å². The number of nitrogens with zero attached hydrogens (tertiary/aromatic N) is 1. The average molecular weight is 1200 g/mol. The van der Waals surface area contributed by atoms with Gasteiger partial charge in [0, 0.05) is 6.42 Å². The second kappa shape index (κ2) is 65.1. The molecule has 0 saturated carbocycles. The van der Waals surface area contributed by atoms with Crippen molar-refractivity contribution in [2.24, 2.45) is 0 Å². The highest BCUT2D eigenvalue weighted by atomic mass is 31.2. The zero-order valence-electron chi connectivity index (χ0n) is 55.8. The number of aliphatic hydroxyl groups excluding tert-OH is 1. The van der Waals surface area contributed by atoms with Crippen LogP contribution in [0.1, 0.15) is 290 Å². The molecule has 0 spiro atoms. The molecule has 0 saturated heterocycles. The molecule has 0 heterocycles. The van der Waals surface area contributed by atoms with Gasteiger partial charge in [-0.3, -0.25) is 9.36 Å². The molecule has 0 aliphatic carbocycles. The Balaban J connectivity index is 4.23. The van der Waals surface area contributed by atoms with Crippen molar-refractivity contribution in [3.8, 4) is 0 Å². The van der Waals surface area contributed by atoms with Crippen LogP contribution >= 0.6 is 7.82 Å². The van der Waals surface area contributed by atoms with Gasteiger partial charge < -0.3 is 28.8 Å². The van der Waals surface area contributed by atoms with E-state index in [4.69, 9.17) is 9.05 Å². The highest BCUT2D eigenvalue weighted by Crippen LogP contribution is 2.38. The van der Waals surface area contributed by atoms with Gasteiger partial charge in [0.25, 0.3) is 7.82 Å². The van der Waals surface area contributed by atoms with Gasteiger partial charge in [0.05, 0.1) is 39.9 Å². The van der Waals surface area contributed by atoms with E-state index in [1.807, 2.05) is 27.2 Å². The fourth-order valence-corrected chi connectivity index (χ4v) is 10.4. The number of unbranched alkanes of at least 4 members (excludes halogenated alkanes) is 30. The molecule has 0 radical (unpaired) electrons. The summed E-state index contributed by atoms with van der Waals surface area (Å²) >= 11 is 0. The molecular formula is C76H133N2O6P. The largest absolute Gasteiger partial charge is 0.756 e. The number of quaternary nitrogens is 1. The number of nitrogens with one attached hydrogen (secondary N) is 1. The lowest BCUT2D eigenvalue weighted by molar-refractivity contribution is -0.870. The third-order valence-electron chi connectivity index (χ3n) is 15.1. The number of rotatable bonds is 63. The van der Waals surface area contributed by atoms with Crippen LogP contribution < -0.4 is 10.2 Å². The van der Waals surface area contributed by atoms with E-state index in [-0.39, 0.29) is 18.9 Å². The van der Waals surface area contributed by atoms with E-state index in [9.17, 15) is 19.4 Å². The number of hydrogen-bond donors (Lipinski definition) is 2. The molecule has 0 rings (SSSR count). The minimum atomic E-state index is -4.63. The van der Waals surface area contributed by atoms with Crippen molar-refractivity contribution in [3.05, 3.63) is 134 Å². The SMILES string of the molecule is CC/C=C\C/C=C\C/C=C\C/C=C\C/C=C\C/C=C\C/C=C\C/C=C\C/C=C\CCCCCC(=O)NC(COP(=O)([O-])OCC[N+](C)(C)C)C(O)/C=C/CC/C=C/CCCCCCCCCCCCCCCCCCCCCCCCCCCC. The number of allylic oxidation sites excluding steroid dienone is 21. The van der Waals surface area contributed by atoms with Gasteiger partial charge in [0.2, 0.25) is 5.91 Å². The average Bonchev–Trinajstić information content (AvgIpc) is 3.49. The molecule has 3 unspecified atom stereocenters. The Bertz CT molecular complexity index is 1850. The number of hydrogen-bond acceptors (Lipinski definition) is 6. The number of carbonyl (C=O) groups excluding carboxylic acids is 1. The zero-order valence-corrected chi connectivity index (χ0v) is 56.7. The van der Waals surface area contributed by atoms with Crippen LogP contribution in [0.3, 0.4) is 0 Å². The normalized spacial score (nSPS) is 14.5. The summed E-state index contributed by atoms with van der Waals surface area (Å²) in [4.78, 5) is 25.6. The van der Waals surface area contributed by atoms with E-state index in [1.54, 1.807) is 6.08 Å². The van der Waals surface area contributed by atoms with Crippen molar-refractivity contribution >= 4 is 13.7 Å². The van der Waals surface area contributed by atoms with Gasteiger partial charge in [-0.25, -0.2) is 0 Å². The Labute approximate surface area is 526 Å². The van der Waals surface area contributed by atoms with Crippen LogP contribution in [-0.4, -0.2) is 68.5 Å². The highest BCUT2D eigenvalue weighted by molar-refractivity contribution is 7.45. The van der Waals surface area contributed by atoms with E-state index in [0.717, 1.165) is 96.3 Å². The van der Waals surface area contributed by atoms with Crippen LogP contribution in [0.25, 0.3) is 0 Å². The topological polar surface area (TPSA) is 108 Å². The third kappa shape index (κ3) is 68.0. The van der Waals surface area contributed by atoms with Crippen molar-refractivity contribution in [3.63, 3.8) is 0 Å². The van der Waals surface area contributed by atoms with Gasteiger partial charge in [0.15, 0.2) is 0 Å². The monoisotopic (exact) mass is 1200 g/mol. The molecule has 3 atom stereocenters. The molecule has 85 heavy (non-hydrogen) atoms. The highest BCUT2D eigenvalue weighted by Gasteiger charge is 2.23. The molecule has 1 amide bonds. The first-order valence-corrected chi connectivity index (χ1v) is 36.5. The fraction of sp³-hybridized carbons (Fsp3) is 0.697. The third-order valence-corrected chi connectivity index (χ3v) is 16.1. The molecule has 2 N–H and O–H groups in total. The first kappa shape index (κ1) is 81.6. The number of amides is 1. The molecule has 8 nitrogen and oxygen atoms in total. The maximum absolute atomic E-state index is 13.0. The fourth-order valence-electron chi connectivity index (χ4n) is 9.69. The van der Waals surface area contributed by atoms with E-state index in [1.165, 1.54) is 167 Å². The van der Waals surface area contributed by atoms with Gasteiger partial charge in [-0.1, -0.05) is 314 Å². The predicted molar refractivity (Wildman–Crippen MR) is 371 cm³/mol. The minimum absolute atomic E-state index is 0.0205. The molecule has 488 valence electrons. The summed E-state index contributed by atoms with van der Waals surface area (Å²) in [6.45, 7) is 4.50. The van der Waals surface area contributed by atoms with Gasteiger partial charge in [-0.05, 0) is 103 Å². The summed E-state index contributed by atoms with van der Waals surface area (Å²) < 4.78 is 23.4. The Hall–Kier alpha value is -3.36. The lowest BCUT2D eigenvalue weighted by atomic mass is 10.0. The molecule has 0 bridgehead atoms. The van der Waals surface area contributed by atoms with Crippen LogP contribution in [0.15, 0.2) is 134 Å². The first-order valence-electron chi connectivity index (χ1n) is 35.0. The summed E-state index contributed by atoms with van der Waals surface area (Å²) in [7, 11) is 1.21. The summed E-state index contributed by atoms with van der Waals surface area (Å²) in [6.07, 6.45) is 98.7. The number of aliphatic hydroxyl groups is 1. The number of carbonyl (C=O) groups is 1. The second-order valence-corrected chi connectivity index (χ2v) is 25.9. The molecule has 0 aromatic heterocycles. The Morgan fingerprint density at radius 1 is 0.424 bits per heavy atom. The molecule has 0 aliphatic heterocycles. The number of phosphoric acid groups is 1. The van der Waals surface area contributed by atoms with Crippen LogP contribution in [0, 0.1) is 0 Å². The second-order valence-electron chi connectivity index (χ2n) is 24.5. The van der Waals surface area contributed by atoms with Crippen LogP contribution in [0.4, 0.5) is 0 Å². The Kier molecular flexibility index (Phi) is 62.5.